The Labute approximate surface area is 104 Å². The molecule has 0 bridgehead atoms. The zero-order chi connectivity index (χ0) is 12.3. The third kappa shape index (κ3) is 2.92. The van der Waals surface area contributed by atoms with E-state index in [9.17, 15) is 4.79 Å². The van der Waals surface area contributed by atoms with Crippen LogP contribution < -0.4 is 5.73 Å². The highest BCUT2D eigenvalue weighted by Gasteiger charge is 2.21. The van der Waals surface area contributed by atoms with E-state index in [-0.39, 0.29) is 5.97 Å². The zero-order valence-corrected chi connectivity index (χ0v) is 10.5. The van der Waals surface area contributed by atoms with E-state index in [4.69, 9.17) is 15.2 Å². The van der Waals surface area contributed by atoms with Gasteiger partial charge < -0.3 is 15.2 Å². The van der Waals surface area contributed by atoms with E-state index in [2.05, 4.69) is 0 Å². The number of nitrogen functional groups attached to an aromatic ring is 1. The number of hydrogen-bond donors (Lipinski definition) is 1. The molecule has 0 spiro atoms. The summed E-state index contributed by atoms with van der Waals surface area (Å²) in [5.41, 5.74) is 7.11. The number of rotatable bonds is 4. The van der Waals surface area contributed by atoms with E-state index in [0.29, 0.717) is 23.1 Å². The van der Waals surface area contributed by atoms with Crippen molar-refractivity contribution in [2.24, 2.45) is 0 Å². The van der Waals surface area contributed by atoms with Crippen molar-refractivity contribution in [2.45, 2.75) is 17.1 Å². The fraction of sp³-hybridized carbons (Fsp3) is 0.417. The van der Waals surface area contributed by atoms with Gasteiger partial charge in [0.25, 0.3) is 0 Å². The van der Waals surface area contributed by atoms with Crippen LogP contribution in [0.3, 0.4) is 0 Å². The van der Waals surface area contributed by atoms with Crippen LogP contribution in [0.5, 0.6) is 0 Å². The second-order valence-electron chi connectivity index (χ2n) is 3.75. The highest BCUT2D eigenvalue weighted by atomic mass is 32.2. The second kappa shape index (κ2) is 5.42. The van der Waals surface area contributed by atoms with Gasteiger partial charge >= 0.3 is 5.97 Å². The minimum atomic E-state index is -0.306. The number of esters is 1. The molecule has 1 aromatic carbocycles. The van der Waals surface area contributed by atoms with Gasteiger partial charge in [0.15, 0.2) is 0 Å². The van der Waals surface area contributed by atoms with Crippen LogP contribution in [0.4, 0.5) is 5.69 Å². The number of nitrogens with two attached hydrogens (primary N) is 1. The van der Waals surface area contributed by atoms with Crippen LogP contribution in [0, 0.1) is 0 Å². The first-order valence-corrected chi connectivity index (χ1v) is 6.39. The Morgan fingerprint density at radius 1 is 1.59 bits per heavy atom. The molecule has 1 aliphatic heterocycles. The lowest BCUT2D eigenvalue weighted by Crippen LogP contribution is -2.30. The lowest BCUT2D eigenvalue weighted by Gasteiger charge is -2.25. The molecule has 0 atom stereocenters. The van der Waals surface area contributed by atoms with Crippen LogP contribution in [-0.4, -0.2) is 31.0 Å². The smallest absolute Gasteiger partial charge is 0.338 e. The average Bonchev–Trinajstić information content (AvgIpc) is 2.25. The molecule has 4 nitrogen and oxygen atoms in total. The molecule has 1 fully saturated rings. The SMILES string of the molecule is CCOC(=O)c1ccc(N)c(SC2COC2)c1. The Morgan fingerprint density at radius 2 is 2.35 bits per heavy atom. The molecule has 0 aliphatic carbocycles. The Bertz CT molecular complexity index is 418. The summed E-state index contributed by atoms with van der Waals surface area (Å²) in [7, 11) is 0. The van der Waals surface area contributed by atoms with Gasteiger partial charge in [-0.2, -0.15) is 0 Å². The van der Waals surface area contributed by atoms with Crippen molar-refractivity contribution in [3.8, 4) is 0 Å². The summed E-state index contributed by atoms with van der Waals surface area (Å²) >= 11 is 1.65. The molecule has 1 heterocycles. The summed E-state index contributed by atoms with van der Waals surface area (Å²) < 4.78 is 10.1. The Hall–Kier alpha value is -1.20. The van der Waals surface area contributed by atoms with Crippen molar-refractivity contribution in [1.29, 1.82) is 0 Å². The number of carbonyl (C=O) groups is 1. The molecule has 1 saturated heterocycles. The van der Waals surface area contributed by atoms with Crippen molar-refractivity contribution in [2.75, 3.05) is 25.6 Å². The number of thioether (sulfide) groups is 1. The van der Waals surface area contributed by atoms with Gasteiger partial charge in [-0.15, -0.1) is 11.8 Å². The van der Waals surface area contributed by atoms with Crippen molar-refractivity contribution in [3.63, 3.8) is 0 Å². The number of ether oxygens (including phenoxy) is 2. The van der Waals surface area contributed by atoms with Crippen LogP contribution in [0.15, 0.2) is 23.1 Å². The molecular weight excluding hydrogens is 238 g/mol. The highest BCUT2D eigenvalue weighted by Crippen LogP contribution is 2.32. The summed E-state index contributed by atoms with van der Waals surface area (Å²) in [6, 6.07) is 5.22. The molecule has 0 saturated carbocycles. The monoisotopic (exact) mass is 253 g/mol. The predicted molar refractivity (Wildman–Crippen MR) is 67.3 cm³/mol. The molecule has 0 unspecified atom stereocenters. The lowest BCUT2D eigenvalue weighted by atomic mass is 10.2. The van der Waals surface area contributed by atoms with Crippen molar-refractivity contribution >= 4 is 23.4 Å². The predicted octanol–water partition coefficient (Wildman–Crippen LogP) is 1.94. The number of anilines is 1. The van der Waals surface area contributed by atoms with E-state index in [1.54, 1.807) is 36.9 Å². The van der Waals surface area contributed by atoms with Crippen molar-refractivity contribution < 1.29 is 14.3 Å². The summed E-state index contributed by atoms with van der Waals surface area (Å²) in [6.07, 6.45) is 0. The Kier molecular flexibility index (Phi) is 3.91. The van der Waals surface area contributed by atoms with Crippen molar-refractivity contribution in [1.82, 2.24) is 0 Å². The number of hydrogen-bond acceptors (Lipinski definition) is 5. The van der Waals surface area contributed by atoms with E-state index < -0.39 is 0 Å². The first kappa shape index (κ1) is 12.3. The normalized spacial score (nSPS) is 15.4. The second-order valence-corrected chi connectivity index (χ2v) is 5.09. The molecule has 0 amide bonds. The van der Waals surface area contributed by atoms with Gasteiger partial charge in [-0.3, -0.25) is 0 Å². The Morgan fingerprint density at radius 3 is 2.94 bits per heavy atom. The lowest BCUT2D eigenvalue weighted by molar-refractivity contribution is 0.0455. The third-order valence-electron chi connectivity index (χ3n) is 2.43. The Balaban J connectivity index is 2.13. The minimum absolute atomic E-state index is 0.306. The van der Waals surface area contributed by atoms with Gasteiger partial charge in [0.05, 0.1) is 30.6 Å². The summed E-state index contributed by atoms with van der Waals surface area (Å²) in [6.45, 7) is 3.65. The maximum atomic E-state index is 11.6. The fourth-order valence-corrected chi connectivity index (χ4v) is 2.53. The first-order chi connectivity index (χ1) is 8.20. The topological polar surface area (TPSA) is 61.5 Å². The van der Waals surface area contributed by atoms with E-state index in [1.165, 1.54) is 0 Å². The molecule has 92 valence electrons. The minimum Gasteiger partial charge on any atom is -0.462 e. The zero-order valence-electron chi connectivity index (χ0n) is 9.64. The van der Waals surface area contributed by atoms with Gasteiger partial charge in [-0.25, -0.2) is 4.79 Å². The molecule has 1 aliphatic rings. The van der Waals surface area contributed by atoms with Gasteiger partial charge in [-0.05, 0) is 25.1 Å². The van der Waals surface area contributed by atoms with Gasteiger partial charge in [0, 0.05) is 10.6 Å². The maximum absolute atomic E-state index is 11.6. The van der Waals surface area contributed by atoms with Crippen LogP contribution >= 0.6 is 11.8 Å². The molecule has 0 aromatic heterocycles. The molecule has 2 N–H and O–H groups in total. The van der Waals surface area contributed by atoms with E-state index >= 15 is 0 Å². The van der Waals surface area contributed by atoms with Gasteiger partial charge in [0.1, 0.15) is 0 Å². The average molecular weight is 253 g/mol. The van der Waals surface area contributed by atoms with Crippen LogP contribution in [0.25, 0.3) is 0 Å². The first-order valence-electron chi connectivity index (χ1n) is 5.51. The summed E-state index contributed by atoms with van der Waals surface area (Å²) in [5, 5.41) is 0.440. The van der Waals surface area contributed by atoms with E-state index in [0.717, 1.165) is 18.1 Å². The number of benzene rings is 1. The largest absolute Gasteiger partial charge is 0.462 e. The highest BCUT2D eigenvalue weighted by molar-refractivity contribution is 8.00. The van der Waals surface area contributed by atoms with E-state index in [1.807, 2.05) is 0 Å². The van der Waals surface area contributed by atoms with Gasteiger partial charge in [-0.1, -0.05) is 0 Å². The molecule has 5 heteroatoms. The maximum Gasteiger partial charge on any atom is 0.338 e. The molecule has 0 radical (unpaired) electrons. The fourth-order valence-electron chi connectivity index (χ4n) is 1.44. The van der Waals surface area contributed by atoms with Crippen LogP contribution in [-0.2, 0) is 9.47 Å². The molecule has 1 aromatic rings. The summed E-state index contributed by atoms with van der Waals surface area (Å²) in [4.78, 5) is 12.5. The van der Waals surface area contributed by atoms with Crippen molar-refractivity contribution in [3.05, 3.63) is 23.8 Å². The standard InChI is InChI=1S/C12H15NO3S/c1-2-16-12(14)8-3-4-10(13)11(5-8)17-9-6-15-7-9/h3-5,9H,2,6-7,13H2,1H3. The quantitative estimate of drug-likeness (QED) is 0.656. The molecule has 17 heavy (non-hydrogen) atoms. The van der Waals surface area contributed by atoms with Crippen LogP contribution in [0.1, 0.15) is 17.3 Å². The molecular formula is C12H15NO3S. The van der Waals surface area contributed by atoms with Gasteiger partial charge in [0.2, 0.25) is 0 Å². The van der Waals surface area contributed by atoms with Crippen LogP contribution in [0.2, 0.25) is 0 Å². The summed E-state index contributed by atoms with van der Waals surface area (Å²) in [5.74, 6) is -0.306. The third-order valence-corrected chi connectivity index (χ3v) is 3.64. The molecule has 2 rings (SSSR count). The number of carbonyl (C=O) groups excluding carboxylic acids is 1.